The number of benzene rings is 1. The van der Waals surface area contributed by atoms with Crippen molar-refractivity contribution in [1.29, 1.82) is 0 Å². The van der Waals surface area contributed by atoms with E-state index in [1.54, 1.807) is 12.1 Å². The molecule has 0 fully saturated rings. The molecule has 27 heavy (non-hydrogen) atoms. The molecule has 7 nitrogen and oxygen atoms in total. The quantitative estimate of drug-likeness (QED) is 0.712. The van der Waals surface area contributed by atoms with E-state index in [4.69, 9.17) is 16.9 Å². The van der Waals surface area contributed by atoms with Crippen LogP contribution in [-0.4, -0.2) is 30.9 Å². The average molecular weight is 432 g/mol. The van der Waals surface area contributed by atoms with Crippen LogP contribution in [0.5, 0.6) is 5.75 Å². The lowest BCUT2D eigenvalue weighted by Gasteiger charge is -2.29. The molecule has 8 heteroatoms. The van der Waals surface area contributed by atoms with Crippen molar-refractivity contribution in [2.24, 2.45) is 5.73 Å². The molecular weight excluding hydrogens is 414 g/mol. The standard InChI is InChI=1S/C19H18BrN3O4/c1-2-7-23-15-9-14(13(20)8-16(15)27-10-17(23)24)22-19(26)12-6-4-3-5-11(12)18(21)25/h1,8-9H,3-7,10H2,(H2,21,25)(H,22,26). The highest BCUT2D eigenvalue weighted by molar-refractivity contribution is 9.10. The normalized spacial score (nSPS) is 16.3. The molecule has 140 valence electrons. The van der Waals surface area contributed by atoms with Crippen molar-refractivity contribution in [2.45, 2.75) is 25.7 Å². The molecule has 1 heterocycles. The number of hydrogen-bond acceptors (Lipinski definition) is 4. The number of ether oxygens (including phenoxy) is 1. The molecule has 0 unspecified atom stereocenters. The zero-order chi connectivity index (χ0) is 19.6. The molecule has 1 aromatic carbocycles. The molecule has 3 amide bonds. The summed E-state index contributed by atoms with van der Waals surface area (Å²) in [5.41, 5.74) is 7.12. The van der Waals surface area contributed by atoms with Gasteiger partial charge in [0.2, 0.25) is 5.91 Å². The van der Waals surface area contributed by atoms with E-state index in [2.05, 4.69) is 27.2 Å². The van der Waals surface area contributed by atoms with Gasteiger partial charge in [0.15, 0.2) is 6.61 Å². The number of halogens is 1. The van der Waals surface area contributed by atoms with Gasteiger partial charge in [-0.3, -0.25) is 19.3 Å². The van der Waals surface area contributed by atoms with Crippen LogP contribution in [-0.2, 0) is 14.4 Å². The number of nitrogens with two attached hydrogens (primary N) is 1. The second kappa shape index (κ2) is 7.84. The molecule has 0 saturated heterocycles. The molecule has 3 N–H and O–H groups in total. The Balaban J connectivity index is 1.94. The molecule has 1 aromatic rings. The lowest BCUT2D eigenvalue weighted by Crippen LogP contribution is -2.39. The van der Waals surface area contributed by atoms with Gasteiger partial charge in [0, 0.05) is 15.6 Å². The van der Waals surface area contributed by atoms with Crippen LogP contribution in [0.1, 0.15) is 25.7 Å². The molecule has 0 bridgehead atoms. The van der Waals surface area contributed by atoms with Gasteiger partial charge in [-0.2, -0.15) is 0 Å². The Kier molecular flexibility index (Phi) is 5.51. The fraction of sp³-hybridized carbons (Fsp3) is 0.316. The number of hydrogen-bond donors (Lipinski definition) is 2. The van der Waals surface area contributed by atoms with Crippen molar-refractivity contribution < 1.29 is 19.1 Å². The van der Waals surface area contributed by atoms with Crippen molar-refractivity contribution in [3.8, 4) is 18.1 Å². The van der Waals surface area contributed by atoms with Crippen LogP contribution >= 0.6 is 15.9 Å². The molecular formula is C19H18BrN3O4. The maximum Gasteiger partial charge on any atom is 0.265 e. The largest absolute Gasteiger partial charge is 0.482 e. The first-order valence-corrected chi connectivity index (χ1v) is 9.25. The molecule has 1 aliphatic heterocycles. The van der Waals surface area contributed by atoms with E-state index in [0.29, 0.717) is 45.6 Å². The molecule has 0 aromatic heterocycles. The second-order valence-corrected chi connectivity index (χ2v) is 7.11. The average Bonchev–Trinajstić information content (AvgIpc) is 2.65. The van der Waals surface area contributed by atoms with Gasteiger partial charge in [-0.25, -0.2) is 0 Å². The first-order chi connectivity index (χ1) is 12.9. The maximum absolute atomic E-state index is 12.7. The van der Waals surface area contributed by atoms with E-state index in [1.165, 1.54) is 4.90 Å². The van der Waals surface area contributed by atoms with Crippen LogP contribution < -0.4 is 20.7 Å². The van der Waals surface area contributed by atoms with Crippen LogP contribution in [0, 0.1) is 12.3 Å². The van der Waals surface area contributed by atoms with Crippen LogP contribution in [0.25, 0.3) is 0 Å². The number of nitrogens with zero attached hydrogens (tertiary/aromatic N) is 1. The Bertz CT molecular complexity index is 901. The lowest BCUT2D eigenvalue weighted by molar-refractivity contribution is -0.121. The zero-order valence-corrected chi connectivity index (χ0v) is 16.1. The fourth-order valence-electron chi connectivity index (χ4n) is 3.21. The Morgan fingerprint density at radius 3 is 2.67 bits per heavy atom. The Hall–Kier alpha value is -2.79. The summed E-state index contributed by atoms with van der Waals surface area (Å²) in [5.74, 6) is 1.73. The number of carbonyl (C=O) groups excluding carboxylic acids is 3. The Morgan fingerprint density at radius 2 is 2.00 bits per heavy atom. The first-order valence-electron chi connectivity index (χ1n) is 8.45. The second-order valence-electron chi connectivity index (χ2n) is 6.26. The number of primary amides is 1. The Labute approximate surface area is 165 Å². The first kappa shape index (κ1) is 19.0. The van der Waals surface area contributed by atoms with Gasteiger partial charge < -0.3 is 15.8 Å². The number of rotatable bonds is 4. The fourth-order valence-corrected chi connectivity index (χ4v) is 3.63. The molecule has 0 spiro atoms. The monoisotopic (exact) mass is 431 g/mol. The third kappa shape index (κ3) is 3.83. The third-order valence-electron chi connectivity index (χ3n) is 4.53. The predicted molar refractivity (Wildman–Crippen MR) is 104 cm³/mol. The molecule has 3 rings (SSSR count). The van der Waals surface area contributed by atoms with E-state index in [1.807, 2.05) is 0 Å². The molecule has 0 atom stereocenters. The van der Waals surface area contributed by atoms with Gasteiger partial charge >= 0.3 is 0 Å². The summed E-state index contributed by atoms with van der Waals surface area (Å²) in [6.07, 6.45) is 8.01. The highest BCUT2D eigenvalue weighted by atomic mass is 79.9. The van der Waals surface area contributed by atoms with E-state index >= 15 is 0 Å². The van der Waals surface area contributed by atoms with Gasteiger partial charge in [0.25, 0.3) is 11.8 Å². The van der Waals surface area contributed by atoms with Gasteiger partial charge in [-0.1, -0.05) is 5.92 Å². The highest BCUT2D eigenvalue weighted by Gasteiger charge is 2.28. The van der Waals surface area contributed by atoms with Crippen molar-refractivity contribution >= 4 is 45.0 Å². The van der Waals surface area contributed by atoms with Gasteiger partial charge in [0.1, 0.15) is 5.75 Å². The summed E-state index contributed by atoms with van der Waals surface area (Å²) in [6, 6.07) is 3.30. The minimum absolute atomic E-state index is 0.0956. The number of anilines is 2. The summed E-state index contributed by atoms with van der Waals surface area (Å²) < 4.78 is 6.03. The number of terminal acetylenes is 1. The zero-order valence-electron chi connectivity index (χ0n) is 14.5. The van der Waals surface area contributed by atoms with Crippen molar-refractivity contribution in [3.63, 3.8) is 0 Å². The van der Waals surface area contributed by atoms with E-state index in [9.17, 15) is 14.4 Å². The molecule has 0 saturated carbocycles. The number of nitrogens with one attached hydrogen (secondary N) is 1. The van der Waals surface area contributed by atoms with Crippen LogP contribution in [0.3, 0.4) is 0 Å². The summed E-state index contributed by atoms with van der Waals surface area (Å²) in [4.78, 5) is 37.9. The third-order valence-corrected chi connectivity index (χ3v) is 5.18. The number of carbonyl (C=O) groups is 3. The highest BCUT2D eigenvalue weighted by Crippen LogP contribution is 2.39. The van der Waals surface area contributed by atoms with Crippen LogP contribution in [0.15, 0.2) is 27.8 Å². The van der Waals surface area contributed by atoms with E-state index < -0.39 is 5.91 Å². The molecule has 0 radical (unpaired) electrons. The van der Waals surface area contributed by atoms with Crippen molar-refractivity contribution in [3.05, 3.63) is 27.8 Å². The van der Waals surface area contributed by atoms with Crippen LogP contribution in [0.2, 0.25) is 0 Å². The van der Waals surface area contributed by atoms with Crippen LogP contribution in [0.4, 0.5) is 11.4 Å². The molecule has 1 aliphatic carbocycles. The van der Waals surface area contributed by atoms with Gasteiger partial charge in [-0.15, -0.1) is 6.42 Å². The lowest BCUT2D eigenvalue weighted by atomic mass is 9.90. The smallest absolute Gasteiger partial charge is 0.265 e. The summed E-state index contributed by atoms with van der Waals surface area (Å²) in [6.45, 7) is 0.00285. The minimum atomic E-state index is -0.566. The number of fused-ring (bicyclic) bond motifs is 1. The summed E-state index contributed by atoms with van der Waals surface area (Å²) >= 11 is 3.40. The molecule has 2 aliphatic rings. The predicted octanol–water partition coefficient (Wildman–Crippen LogP) is 2.10. The topological polar surface area (TPSA) is 102 Å². The SMILES string of the molecule is C#CCN1C(=O)COc2cc(Br)c(NC(=O)C3=C(C(N)=O)CCCC3)cc21. The van der Waals surface area contributed by atoms with E-state index in [0.717, 1.165) is 12.8 Å². The van der Waals surface area contributed by atoms with Gasteiger partial charge in [0.05, 0.1) is 17.9 Å². The van der Waals surface area contributed by atoms with E-state index in [-0.39, 0.29) is 25.0 Å². The summed E-state index contributed by atoms with van der Waals surface area (Å²) in [5, 5.41) is 2.80. The number of amides is 3. The summed E-state index contributed by atoms with van der Waals surface area (Å²) in [7, 11) is 0. The maximum atomic E-state index is 12.7. The van der Waals surface area contributed by atoms with Crippen molar-refractivity contribution in [1.82, 2.24) is 0 Å². The minimum Gasteiger partial charge on any atom is -0.482 e. The van der Waals surface area contributed by atoms with Gasteiger partial charge in [-0.05, 0) is 53.7 Å². The Morgan fingerprint density at radius 1 is 1.30 bits per heavy atom. The van der Waals surface area contributed by atoms with Crippen molar-refractivity contribution in [2.75, 3.05) is 23.4 Å².